The Labute approximate surface area is 159 Å². The zero-order valence-electron chi connectivity index (χ0n) is 15.6. The van der Waals surface area contributed by atoms with E-state index in [0.717, 1.165) is 0 Å². The van der Waals surface area contributed by atoms with Crippen LogP contribution in [0.3, 0.4) is 0 Å². The summed E-state index contributed by atoms with van der Waals surface area (Å²) in [5.41, 5.74) is 8.90. The molecule has 0 spiro atoms. The number of fused-ring (bicyclic) bond motifs is 3. The quantitative estimate of drug-likeness (QED) is 0.325. The number of aromatic nitrogens is 1. The first-order valence-corrected chi connectivity index (χ1v) is 9.36. The predicted molar refractivity (Wildman–Crippen MR) is 116 cm³/mol. The van der Waals surface area contributed by atoms with Crippen LogP contribution in [-0.2, 0) is 7.05 Å². The molecular formula is C26H21N. The number of hydrogen-bond donors (Lipinski definition) is 0. The molecule has 1 heteroatoms. The highest BCUT2D eigenvalue weighted by Gasteiger charge is 2.15. The fraction of sp³-hybridized carbons (Fsp3) is 0.0769. The van der Waals surface area contributed by atoms with Gasteiger partial charge in [0.2, 0.25) is 0 Å². The van der Waals surface area contributed by atoms with Crippen LogP contribution < -0.4 is 0 Å². The van der Waals surface area contributed by atoms with Gasteiger partial charge in [0.15, 0.2) is 0 Å². The van der Waals surface area contributed by atoms with E-state index in [1.807, 2.05) is 0 Å². The first-order chi connectivity index (χ1) is 13.2. The molecule has 1 heterocycles. The van der Waals surface area contributed by atoms with Crippen LogP contribution in [-0.4, -0.2) is 4.57 Å². The molecule has 0 N–H and O–H groups in total. The number of rotatable bonds is 2. The maximum Gasteiger partial charge on any atom is 0.0501 e. The summed E-state index contributed by atoms with van der Waals surface area (Å²) in [6.07, 6.45) is 0. The molecule has 0 bridgehead atoms. The van der Waals surface area contributed by atoms with E-state index in [-0.39, 0.29) is 0 Å². The van der Waals surface area contributed by atoms with Gasteiger partial charge in [0, 0.05) is 23.3 Å². The van der Waals surface area contributed by atoms with Crippen LogP contribution in [0, 0.1) is 6.92 Å². The average molecular weight is 347 g/mol. The zero-order valence-corrected chi connectivity index (χ0v) is 15.6. The Morgan fingerprint density at radius 2 is 1.26 bits per heavy atom. The van der Waals surface area contributed by atoms with Crippen molar-refractivity contribution in [2.24, 2.45) is 7.05 Å². The second-order valence-corrected chi connectivity index (χ2v) is 7.23. The molecule has 5 aromatic rings. The van der Waals surface area contributed by atoms with Gasteiger partial charge in [0.05, 0.1) is 5.52 Å². The molecule has 1 aromatic heterocycles. The molecule has 5 rings (SSSR count). The summed E-state index contributed by atoms with van der Waals surface area (Å²) in [6, 6.07) is 32.8. The van der Waals surface area contributed by atoms with E-state index in [0.29, 0.717) is 0 Å². The van der Waals surface area contributed by atoms with Crippen molar-refractivity contribution in [1.29, 1.82) is 0 Å². The standard InChI is InChI=1S/C26H21N/c1-18-13-14-24-23(15-18)26-22(20-11-7-4-8-12-20)16-21(17-25(26)27(24)2)19-9-5-3-6-10-19/h3-17H,1-2H3. The van der Waals surface area contributed by atoms with E-state index in [1.165, 1.54) is 49.6 Å². The van der Waals surface area contributed by atoms with Gasteiger partial charge in [-0.15, -0.1) is 0 Å². The molecule has 0 aliphatic rings. The number of benzene rings is 4. The summed E-state index contributed by atoms with van der Waals surface area (Å²) in [7, 11) is 2.17. The molecule has 0 radical (unpaired) electrons. The van der Waals surface area contributed by atoms with E-state index < -0.39 is 0 Å². The highest BCUT2D eigenvalue weighted by Crippen LogP contribution is 2.39. The molecule has 0 aliphatic heterocycles. The number of aryl methyl sites for hydroxylation is 2. The van der Waals surface area contributed by atoms with Gasteiger partial charge in [0.25, 0.3) is 0 Å². The Balaban J connectivity index is 1.95. The van der Waals surface area contributed by atoms with Crippen LogP contribution in [0.1, 0.15) is 5.56 Å². The minimum absolute atomic E-state index is 1.25. The van der Waals surface area contributed by atoms with Gasteiger partial charge in [-0.05, 0) is 53.4 Å². The maximum absolute atomic E-state index is 2.34. The molecule has 0 unspecified atom stereocenters. The lowest BCUT2D eigenvalue weighted by molar-refractivity contribution is 1.01. The van der Waals surface area contributed by atoms with Crippen LogP contribution in [0.4, 0.5) is 0 Å². The van der Waals surface area contributed by atoms with Crippen molar-refractivity contribution < 1.29 is 0 Å². The second kappa shape index (κ2) is 6.14. The fourth-order valence-corrected chi connectivity index (χ4v) is 4.09. The van der Waals surface area contributed by atoms with Crippen LogP contribution in [0.5, 0.6) is 0 Å². The van der Waals surface area contributed by atoms with Crippen LogP contribution in [0.2, 0.25) is 0 Å². The molecule has 0 aliphatic carbocycles. The minimum Gasteiger partial charge on any atom is -0.344 e. The van der Waals surface area contributed by atoms with Gasteiger partial charge in [-0.2, -0.15) is 0 Å². The third-order valence-electron chi connectivity index (χ3n) is 5.45. The smallest absolute Gasteiger partial charge is 0.0501 e. The second-order valence-electron chi connectivity index (χ2n) is 7.23. The molecule has 1 nitrogen and oxygen atoms in total. The van der Waals surface area contributed by atoms with Gasteiger partial charge in [0.1, 0.15) is 0 Å². The van der Waals surface area contributed by atoms with Crippen molar-refractivity contribution in [3.8, 4) is 22.3 Å². The summed E-state index contributed by atoms with van der Waals surface area (Å²) in [4.78, 5) is 0. The van der Waals surface area contributed by atoms with Crippen molar-refractivity contribution in [3.63, 3.8) is 0 Å². The summed E-state index contributed by atoms with van der Waals surface area (Å²) in [5, 5.41) is 2.66. The summed E-state index contributed by atoms with van der Waals surface area (Å²) in [5.74, 6) is 0. The Kier molecular flexibility index (Phi) is 3.61. The Bertz CT molecular complexity index is 1260. The van der Waals surface area contributed by atoms with E-state index in [2.05, 4.69) is 110 Å². The minimum atomic E-state index is 1.25. The van der Waals surface area contributed by atoms with Gasteiger partial charge >= 0.3 is 0 Å². The van der Waals surface area contributed by atoms with E-state index in [1.54, 1.807) is 0 Å². The third-order valence-corrected chi connectivity index (χ3v) is 5.45. The first-order valence-electron chi connectivity index (χ1n) is 9.36. The lowest BCUT2D eigenvalue weighted by atomic mass is 9.94. The summed E-state index contributed by atoms with van der Waals surface area (Å²) >= 11 is 0. The van der Waals surface area contributed by atoms with E-state index in [9.17, 15) is 0 Å². The highest BCUT2D eigenvalue weighted by atomic mass is 14.9. The monoisotopic (exact) mass is 347 g/mol. The molecule has 27 heavy (non-hydrogen) atoms. The van der Waals surface area contributed by atoms with Gasteiger partial charge in [-0.3, -0.25) is 0 Å². The summed E-state index contributed by atoms with van der Waals surface area (Å²) < 4.78 is 2.32. The van der Waals surface area contributed by atoms with Crippen molar-refractivity contribution in [2.75, 3.05) is 0 Å². The molecule has 4 aromatic carbocycles. The van der Waals surface area contributed by atoms with Crippen molar-refractivity contribution in [3.05, 3.63) is 96.6 Å². The van der Waals surface area contributed by atoms with Gasteiger partial charge in [-0.1, -0.05) is 72.3 Å². The van der Waals surface area contributed by atoms with E-state index >= 15 is 0 Å². The van der Waals surface area contributed by atoms with Crippen LogP contribution >= 0.6 is 0 Å². The molecule has 0 amide bonds. The number of hydrogen-bond acceptors (Lipinski definition) is 0. The predicted octanol–water partition coefficient (Wildman–Crippen LogP) is 6.97. The SMILES string of the molecule is Cc1ccc2c(c1)c1c(-c3ccccc3)cc(-c3ccccc3)cc1n2C. The van der Waals surface area contributed by atoms with Gasteiger partial charge in [-0.25, -0.2) is 0 Å². The Hall–Kier alpha value is -3.32. The lowest BCUT2D eigenvalue weighted by Gasteiger charge is -2.10. The largest absolute Gasteiger partial charge is 0.344 e. The van der Waals surface area contributed by atoms with Crippen LogP contribution in [0.25, 0.3) is 44.1 Å². The van der Waals surface area contributed by atoms with E-state index in [4.69, 9.17) is 0 Å². The average Bonchev–Trinajstić information content (AvgIpc) is 3.00. The zero-order chi connectivity index (χ0) is 18.4. The third kappa shape index (κ3) is 2.55. The molecule has 0 saturated heterocycles. The van der Waals surface area contributed by atoms with Crippen LogP contribution in [0.15, 0.2) is 91.0 Å². The summed E-state index contributed by atoms with van der Waals surface area (Å²) in [6.45, 7) is 2.17. The fourth-order valence-electron chi connectivity index (χ4n) is 4.09. The molecule has 0 saturated carbocycles. The number of nitrogens with zero attached hydrogens (tertiary/aromatic N) is 1. The lowest BCUT2D eigenvalue weighted by Crippen LogP contribution is -1.89. The topological polar surface area (TPSA) is 4.93 Å². The maximum atomic E-state index is 2.34. The Morgan fingerprint density at radius 3 is 1.96 bits per heavy atom. The van der Waals surface area contributed by atoms with Crippen molar-refractivity contribution >= 4 is 21.8 Å². The first kappa shape index (κ1) is 15.9. The van der Waals surface area contributed by atoms with Crippen molar-refractivity contribution in [2.45, 2.75) is 6.92 Å². The molecule has 130 valence electrons. The Morgan fingerprint density at radius 1 is 0.593 bits per heavy atom. The van der Waals surface area contributed by atoms with Gasteiger partial charge < -0.3 is 4.57 Å². The molecule has 0 fully saturated rings. The molecule has 0 atom stereocenters. The highest BCUT2D eigenvalue weighted by molar-refractivity contribution is 6.16. The molecular weight excluding hydrogens is 326 g/mol. The normalized spacial score (nSPS) is 11.3. The van der Waals surface area contributed by atoms with Crippen molar-refractivity contribution in [1.82, 2.24) is 4.57 Å².